The lowest BCUT2D eigenvalue weighted by Crippen LogP contribution is -2.50. The highest BCUT2D eigenvalue weighted by atomic mass is 32.2. The van der Waals surface area contributed by atoms with E-state index in [9.17, 15) is 8.42 Å². The van der Waals surface area contributed by atoms with Gasteiger partial charge in [0.25, 0.3) is 0 Å². The molecule has 23 heavy (non-hydrogen) atoms. The van der Waals surface area contributed by atoms with Gasteiger partial charge < -0.3 is 9.47 Å². The fourth-order valence-electron chi connectivity index (χ4n) is 3.57. The van der Waals surface area contributed by atoms with Gasteiger partial charge in [-0.05, 0) is 24.7 Å². The molecule has 3 heterocycles. The van der Waals surface area contributed by atoms with Gasteiger partial charge in [-0.25, -0.2) is 17.7 Å². The zero-order chi connectivity index (χ0) is 16.3. The zero-order valence-electron chi connectivity index (χ0n) is 13.3. The number of hydrogen-bond acceptors (Lipinski definition) is 6. The second kappa shape index (κ2) is 6.70. The highest BCUT2D eigenvalue weighted by molar-refractivity contribution is 7.88. The summed E-state index contributed by atoms with van der Waals surface area (Å²) in [6.07, 6.45) is 8.77. The van der Waals surface area contributed by atoms with Crippen molar-refractivity contribution in [3.63, 3.8) is 0 Å². The minimum atomic E-state index is -3.10. The Kier molecular flexibility index (Phi) is 4.84. The van der Waals surface area contributed by atoms with Crippen molar-refractivity contribution < 1.29 is 17.9 Å². The number of ether oxygens (including phenoxy) is 2. The van der Waals surface area contributed by atoms with Crippen LogP contribution >= 0.6 is 0 Å². The Morgan fingerprint density at radius 3 is 2.78 bits per heavy atom. The Balaban J connectivity index is 1.65. The van der Waals surface area contributed by atoms with E-state index in [0.29, 0.717) is 32.2 Å². The van der Waals surface area contributed by atoms with Crippen molar-refractivity contribution in [2.75, 3.05) is 39.2 Å². The number of sulfonamides is 1. The van der Waals surface area contributed by atoms with Crippen LogP contribution in [0.15, 0.2) is 18.6 Å². The van der Waals surface area contributed by atoms with Crippen LogP contribution in [0.5, 0.6) is 5.88 Å². The standard InChI is InChI=1S/C15H23N3O4S/c1-23(19,20)18-7-2-15(3-8-18)4-9-21-11-13(15)12-22-14-10-16-5-6-17-14/h5-6,10,13H,2-4,7-9,11-12H2,1H3. The maximum absolute atomic E-state index is 11.7. The van der Waals surface area contributed by atoms with Gasteiger partial charge in [0.1, 0.15) is 0 Å². The zero-order valence-corrected chi connectivity index (χ0v) is 14.2. The van der Waals surface area contributed by atoms with Gasteiger partial charge in [0.05, 0.1) is 25.7 Å². The summed E-state index contributed by atoms with van der Waals surface area (Å²) in [6, 6.07) is 0. The lowest BCUT2D eigenvalue weighted by Gasteiger charge is -2.48. The average Bonchev–Trinajstić information content (AvgIpc) is 2.55. The molecule has 2 aliphatic rings. The van der Waals surface area contributed by atoms with E-state index in [4.69, 9.17) is 9.47 Å². The van der Waals surface area contributed by atoms with Crippen LogP contribution in [-0.2, 0) is 14.8 Å². The topological polar surface area (TPSA) is 81.6 Å². The van der Waals surface area contributed by atoms with E-state index in [0.717, 1.165) is 25.9 Å². The summed E-state index contributed by atoms with van der Waals surface area (Å²) < 4.78 is 36.4. The summed E-state index contributed by atoms with van der Waals surface area (Å²) in [5, 5.41) is 0. The monoisotopic (exact) mass is 341 g/mol. The molecule has 1 spiro atoms. The summed E-state index contributed by atoms with van der Waals surface area (Å²) >= 11 is 0. The number of hydrogen-bond donors (Lipinski definition) is 0. The number of piperidine rings is 1. The highest BCUT2D eigenvalue weighted by Crippen LogP contribution is 2.45. The molecule has 2 saturated heterocycles. The van der Waals surface area contributed by atoms with Crippen molar-refractivity contribution in [2.45, 2.75) is 19.3 Å². The van der Waals surface area contributed by atoms with E-state index in [-0.39, 0.29) is 11.3 Å². The molecule has 0 N–H and O–H groups in total. The molecule has 1 aromatic rings. The van der Waals surface area contributed by atoms with Gasteiger partial charge in [-0.15, -0.1) is 0 Å². The number of aromatic nitrogens is 2. The van der Waals surface area contributed by atoms with E-state index < -0.39 is 10.0 Å². The van der Waals surface area contributed by atoms with E-state index in [2.05, 4.69) is 9.97 Å². The van der Waals surface area contributed by atoms with Crippen LogP contribution in [-0.4, -0.2) is 61.9 Å². The molecule has 0 bridgehead atoms. The van der Waals surface area contributed by atoms with Crippen molar-refractivity contribution in [1.82, 2.24) is 14.3 Å². The van der Waals surface area contributed by atoms with Crippen molar-refractivity contribution >= 4 is 10.0 Å². The molecule has 1 atom stereocenters. The van der Waals surface area contributed by atoms with Crippen LogP contribution in [0.4, 0.5) is 0 Å². The molecule has 1 unspecified atom stereocenters. The van der Waals surface area contributed by atoms with Gasteiger partial charge in [0, 0.05) is 38.0 Å². The largest absolute Gasteiger partial charge is 0.476 e. The maximum Gasteiger partial charge on any atom is 0.232 e. The van der Waals surface area contributed by atoms with Crippen LogP contribution in [0.3, 0.4) is 0 Å². The molecule has 0 aromatic carbocycles. The lowest BCUT2D eigenvalue weighted by molar-refractivity contribution is -0.0791. The first-order valence-electron chi connectivity index (χ1n) is 7.91. The smallest absolute Gasteiger partial charge is 0.232 e. The third-order valence-corrected chi connectivity index (χ3v) is 6.39. The highest BCUT2D eigenvalue weighted by Gasteiger charge is 2.45. The third-order valence-electron chi connectivity index (χ3n) is 5.09. The first-order chi connectivity index (χ1) is 11.0. The normalized spacial score (nSPS) is 25.3. The van der Waals surface area contributed by atoms with E-state index >= 15 is 0 Å². The molecule has 0 aliphatic carbocycles. The SMILES string of the molecule is CS(=O)(=O)N1CCC2(CCOCC2COc2cnccn2)CC1. The molecule has 2 aliphatic heterocycles. The molecule has 2 fully saturated rings. The van der Waals surface area contributed by atoms with Crippen LogP contribution in [0.2, 0.25) is 0 Å². The minimum absolute atomic E-state index is 0.0989. The van der Waals surface area contributed by atoms with E-state index in [1.54, 1.807) is 22.9 Å². The minimum Gasteiger partial charge on any atom is -0.476 e. The molecular formula is C15H23N3O4S. The van der Waals surface area contributed by atoms with Crippen molar-refractivity contribution in [3.8, 4) is 5.88 Å². The van der Waals surface area contributed by atoms with Gasteiger partial charge in [-0.3, -0.25) is 4.98 Å². The molecular weight excluding hydrogens is 318 g/mol. The van der Waals surface area contributed by atoms with Crippen LogP contribution in [0.1, 0.15) is 19.3 Å². The Bertz CT molecular complexity index is 615. The Morgan fingerprint density at radius 2 is 2.13 bits per heavy atom. The molecule has 128 valence electrons. The lowest BCUT2D eigenvalue weighted by atomic mass is 9.66. The second-order valence-electron chi connectivity index (χ2n) is 6.40. The molecule has 8 heteroatoms. The molecule has 0 saturated carbocycles. The predicted molar refractivity (Wildman–Crippen MR) is 84.5 cm³/mol. The number of nitrogens with zero attached hydrogens (tertiary/aromatic N) is 3. The van der Waals surface area contributed by atoms with Gasteiger partial charge in [0.2, 0.25) is 15.9 Å². The van der Waals surface area contributed by atoms with E-state index in [1.807, 2.05) is 0 Å². The molecule has 0 radical (unpaired) electrons. The van der Waals surface area contributed by atoms with Crippen LogP contribution in [0, 0.1) is 11.3 Å². The van der Waals surface area contributed by atoms with Crippen molar-refractivity contribution in [2.24, 2.45) is 11.3 Å². The maximum atomic E-state index is 11.7. The molecule has 1 aromatic heterocycles. The summed E-state index contributed by atoms with van der Waals surface area (Å²) in [7, 11) is -3.10. The average molecular weight is 341 g/mol. The summed E-state index contributed by atoms with van der Waals surface area (Å²) in [4.78, 5) is 8.13. The van der Waals surface area contributed by atoms with Gasteiger partial charge in [-0.1, -0.05) is 0 Å². The van der Waals surface area contributed by atoms with Crippen molar-refractivity contribution in [3.05, 3.63) is 18.6 Å². The first-order valence-corrected chi connectivity index (χ1v) is 9.76. The number of rotatable bonds is 4. The Hall–Kier alpha value is -1.25. The van der Waals surface area contributed by atoms with Crippen LogP contribution < -0.4 is 4.74 Å². The van der Waals surface area contributed by atoms with Crippen molar-refractivity contribution in [1.29, 1.82) is 0 Å². The second-order valence-corrected chi connectivity index (χ2v) is 8.38. The van der Waals surface area contributed by atoms with Gasteiger partial charge >= 0.3 is 0 Å². The Morgan fingerprint density at radius 1 is 1.35 bits per heavy atom. The summed E-state index contributed by atoms with van der Waals surface area (Å²) in [6.45, 7) is 3.08. The fraction of sp³-hybridized carbons (Fsp3) is 0.733. The summed E-state index contributed by atoms with van der Waals surface area (Å²) in [5.41, 5.74) is 0.0989. The Labute approximate surface area is 137 Å². The first kappa shape index (κ1) is 16.6. The molecule has 7 nitrogen and oxygen atoms in total. The summed E-state index contributed by atoms with van der Waals surface area (Å²) in [5.74, 6) is 0.766. The molecule has 3 rings (SSSR count). The quantitative estimate of drug-likeness (QED) is 0.810. The third kappa shape index (κ3) is 3.81. The van der Waals surface area contributed by atoms with E-state index in [1.165, 1.54) is 6.26 Å². The van der Waals surface area contributed by atoms with Gasteiger partial charge in [-0.2, -0.15) is 0 Å². The van der Waals surface area contributed by atoms with Crippen LogP contribution in [0.25, 0.3) is 0 Å². The molecule has 0 amide bonds. The fourth-order valence-corrected chi connectivity index (χ4v) is 4.42. The van der Waals surface area contributed by atoms with Gasteiger partial charge in [0.15, 0.2) is 0 Å². The predicted octanol–water partition coefficient (Wildman–Crippen LogP) is 0.934.